The number of carbonyl (C=O) groups is 1. The number of pyridine rings is 1. The lowest BCUT2D eigenvalue weighted by Crippen LogP contribution is -2.30. The number of hydrogen-bond donors (Lipinski definition) is 4. The van der Waals surface area contributed by atoms with E-state index in [1.807, 2.05) is 6.07 Å². The van der Waals surface area contributed by atoms with Crippen molar-refractivity contribution in [2.45, 2.75) is 18.8 Å². The van der Waals surface area contributed by atoms with Gasteiger partial charge in [0.25, 0.3) is 5.91 Å². The van der Waals surface area contributed by atoms with Crippen molar-refractivity contribution in [3.63, 3.8) is 0 Å². The number of halogens is 1. The van der Waals surface area contributed by atoms with E-state index in [2.05, 4.69) is 30.9 Å². The molecule has 2 aromatic heterocycles. The molecule has 4 rings (SSSR count). The number of hydrogen-bond acceptors (Lipinski definition) is 7. The van der Waals surface area contributed by atoms with Gasteiger partial charge in [-0.25, -0.2) is 19.3 Å². The van der Waals surface area contributed by atoms with Crippen LogP contribution in [0, 0.1) is 11.2 Å². The van der Waals surface area contributed by atoms with Gasteiger partial charge in [0.05, 0.1) is 23.8 Å². The third-order valence-corrected chi connectivity index (χ3v) is 4.56. The van der Waals surface area contributed by atoms with Gasteiger partial charge in [-0.1, -0.05) is 0 Å². The predicted molar refractivity (Wildman–Crippen MR) is 116 cm³/mol. The fraction of sp³-hybridized carbons (Fsp3) is 0.136. The molecule has 1 aliphatic rings. The van der Waals surface area contributed by atoms with Crippen LogP contribution in [0.25, 0.3) is 0 Å². The zero-order valence-corrected chi connectivity index (χ0v) is 16.5. The Morgan fingerprint density at radius 3 is 2.52 bits per heavy atom. The highest BCUT2D eigenvalue weighted by atomic mass is 19.1. The van der Waals surface area contributed by atoms with Crippen molar-refractivity contribution in [1.82, 2.24) is 20.3 Å². The third kappa shape index (κ3) is 5.47. The lowest BCUT2D eigenvalue weighted by atomic mass is 10.2. The van der Waals surface area contributed by atoms with Crippen LogP contribution in [0.3, 0.4) is 0 Å². The molecular formula is C22H20FN7O. The molecule has 1 amide bonds. The number of nitrogens with one attached hydrogen (secondary N) is 4. The third-order valence-electron chi connectivity index (χ3n) is 4.56. The SMILES string of the molecule is N=C(/C=C\Nc1ccc(F)cc1)NC(=O)c1nc(C2CC2)ccc1Nc1cncnc1. The van der Waals surface area contributed by atoms with E-state index >= 15 is 0 Å². The van der Waals surface area contributed by atoms with E-state index in [0.29, 0.717) is 23.0 Å². The summed E-state index contributed by atoms with van der Waals surface area (Å²) in [4.78, 5) is 25.3. The summed E-state index contributed by atoms with van der Waals surface area (Å²) in [5.74, 6) is -0.577. The van der Waals surface area contributed by atoms with E-state index in [4.69, 9.17) is 5.41 Å². The van der Waals surface area contributed by atoms with Crippen molar-refractivity contribution >= 4 is 28.8 Å². The lowest BCUT2D eigenvalue weighted by Gasteiger charge is -2.12. The van der Waals surface area contributed by atoms with Crippen LogP contribution in [0.5, 0.6) is 0 Å². The molecule has 9 heteroatoms. The molecule has 0 saturated heterocycles. The number of rotatable bonds is 7. The summed E-state index contributed by atoms with van der Waals surface area (Å²) >= 11 is 0. The second kappa shape index (κ2) is 9.12. The fourth-order valence-corrected chi connectivity index (χ4v) is 2.86. The number of anilines is 3. The maximum atomic E-state index is 12.9. The molecule has 31 heavy (non-hydrogen) atoms. The molecule has 4 N–H and O–H groups in total. The van der Waals surface area contributed by atoms with Gasteiger partial charge in [0.1, 0.15) is 18.0 Å². The first-order chi connectivity index (χ1) is 15.1. The molecule has 156 valence electrons. The Balaban J connectivity index is 1.45. The summed E-state index contributed by atoms with van der Waals surface area (Å²) < 4.78 is 12.9. The van der Waals surface area contributed by atoms with Gasteiger partial charge in [-0.3, -0.25) is 10.2 Å². The van der Waals surface area contributed by atoms with Crippen molar-refractivity contribution < 1.29 is 9.18 Å². The monoisotopic (exact) mass is 417 g/mol. The molecule has 3 aromatic rings. The topological polar surface area (TPSA) is 116 Å². The van der Waals surface area contributed by atoms with Crippen molar-refractivity contribution in [1.29, 1.82) is 5.41 Å². The Kier molecular flexibility index (Phi) is 5.93. The summed E-state index contributed by atoms with van der Waals surface area (Å²) in [6.07, 6.45) is 9.60. The molecule has 0 aliphatic heterocycles. The maximum absolute atomic E-state index is 12.9. The van der Waals surface area contributed by atoms with E-state index in [1.54, 1.807) is 30.6 Å². The first-order valence-electron chi connectivity index (χ1n) is 9.70. The summed E-state index contributed by atoms with van der Waals surface area (Å²) in [7, 11) is 0. The van der Waals surface area contributed by atoms with Gasteiger partial charge in [-0.05, 0) is 55.3 Å². The van der Waals surface area contributed by atoms with Crippen LogP contribution in [-0.4, -0.2) is 26.7 Å². The molecular weight excluding hydrogens is 397 g/mol. The van der Waals surface area contributed by atoms with Crippen molar-refractivity contribution in [3.8, 4) is 0 Å². The van der Waals surface area contributed by atoms with E-state index < -0.39 is 5.91 Å². The van der Waals surface area contributed by atoms with E-state index in [0.717, 1.165) is 18.5 Å². The Bertz CT molecular complexity index is 1110. The van der Waals surface area contributed by atoms with Gasteiger partial charge in [-0.15, -0.1) is 0 Å². The molecule has 1 fully saturated rings. The molecule has 1 aliphatic carbocycles. The van der Waals surface area contributed by atoms with Gasteiger partial charge >= 0.3 is 0 Å². The predicted octanol–water partition coefficient (Wildman–Crippen LogP) is 3.96. The minimum absolute atomic E-state index is 0.118. The van der Waals surface area contributed by atoms with Crippen LogP contribution >= 0.6 is 0 Å². The molecule has 2 heterocycles. The number of aromatic nitrogens is 3. The van der Waals surface area contributed by atoms with Gasteiger partial charge < -0.3 is 16.0 Å². The number of benzene rings is 1. The number of amidine groups is 1. The van der Waals surface area contributed by atoms with Gasteiger partial charge in [0, 0.05) is 23.5 Å². The zero-order valence-electron chi connectivity index (χ0n) is 16.5. The highest BCUT2D eigenvalue weighted by molar-refractivity contribution is 6.10. The van der Waals surface area contributed by atoms with Gasteiger partial charge in [0.2, 0.25) is 0 Å². The van der Waals surface area contributed by atoms with Crippen LogP contribution in [0.2, 0.25) is 0 Å². The zero-order chi connectivity index (χ0) is 21.6. The Hall–Kier alpha value is -4.14. The molecule has 0 radical (unpaired) electrons. The standard InChI is InChI=1S/C22H20FN7O/c23-15-3-5-16(6-4-15)27-10-9-20(24)30-22(31)21-19(28-17-11-25-13-26-12-17)8-7-18(29-21)14-1-2-14/h3-14,27-28H,1-2H2,(H2,24,30,31)/b10-9-. The Labute approximate surface area is 178 Å². The fourth-order valence-electron chi connectivity index (χ4n) is 2.86. The van der Waals surface area contributed by atoms with Crippen molar-refractivity contribution in [3.05, 3.63) is 84.6 Å². The lowest BCUT2D eigenvalue weighted by molar-refractivity contribution is 0.0973. The minimum Gasteiger partial charge on any atom is -0.362 e. The highest BCUT2D eigenvalue weighted by Gasteiger charge is 2.27. The van der Waals surface area contributed by atoms with E-state index in [9.17, 15) is 9.18 Å². The average Bonchev–Trinajstić information content (AvgIpc) is 3.61. The van der Waals surface area contributed by atoms with Crippen LogP contribution in [0.15, 0.2) is 67.4 Å². The second-order valence-corrected chi connectivity index (χ2v) is 7.01. The average molecular weight is 417 g/mol. The van der Waals surface area contributed by atoms with E-state index in [-0.39, 0.29) is 17.3 Å². The van der Waals surface area contributed by atoms with Crippen LogP contribution in [0.1, 0.15) is 34.9 Å². The molecule has 1 aromatic carbocycles. The molecule has 8 nitrogen and oxygen atoms in total. The normalized spacial score (nSPS) is 13.1. The highest BCUT2D eigenvalue weighted by Crippen LogP contribution is 2.39. The van der Waals surface area contributed by atoms with Gasteiger partial charge in [-0.2, -0.15) is 0 Å². The number of amides is 1. The van der Waals surface area contributed by atoms with Gasteiger partial charge in [0.15, 0.2) is 5.69 Å². The first-order valence-corrected chi connectivity index (χ1v) is 9.70. The summed E-state index contributed by atoms with van der Waals surface area (Å²) in [6, 6.07) is 9.50. The molecule has 0 bridgehead atoms. The second-order valence-electron chi connectivity index (χ2n) is 7.01. The number of nitrogens with zero attached hydrogens (tertiary/aromatic N) is 3. The smallest absolute Gasteiger partial charge is 0.277 e. The molecule has 0 unspecified atom stereocenters. The van der Waals surface area contributed by atoms with E-state index in [1.165, 1.54) is 30.7 Å². The largest absolute Gasteiger partial charge is 0.362 e. The van der Waals surface area contributed by atoms with Crippen molar-refractivity contribution in [2.75, 3.05) is 10.6 Å². The van der Waals surface area contributed by atoms with Crippen LogP contribution < -0.4 is 16.0 Å². The van der Waals surface area contributed by atoms with Crippen molar-refractivity contribution in [2.24, 2.45) is 0 Å². The summed E-state index contributed by atoms with van der Waals surface area (Å²) in [6.45, 7) is 0. The van der Waals surface area contributed by atoms with Crippen LogP contribution in [0.4, 0.5) is 21.5 Å². The molecule has 1 saturated carbocycles. The summed E-state index contributed by atoms with van der Waals surface area (Å²) in [5.41, 5.74) is 2.83. The minimum atomic E-state index is -0.502. The Morgan fingerprint density at radius 2 is 1.81 bits per heavy atom. The quantitative estimate of drug-likeness (QED) is 0.342. The first kappa shape index (κ1) is 20.1. The Morgan fingerprint density at radius 1 is 1.06 bits per heavy atom. The number of carbonyl (C=O) groups excluding carboxylic acids is 1. The maximum Gasteiger partial charge on any atom is 0.277 e. The summed E-state index contributed by atoms with van der Waals surface area (Å²) in [5, 5.41) is 16.6. The molecule has 0 spiro atoms. The molecule has 0 atom stereocenters. The van der Waals surface area contributed by atoms with Crippen LogP contribution in [-0.2, 0) is 0 Å².